The maximum Gasteiger partial charge on any atom is 0.227 e. The zero-order chi connectivity index (χ0) is 19.0. The topological polar surface area (TPSA) is 98.0 Å². The van der Waals surface area contributed by atoms with Crippen LogP contribution in [0.25, 0.3) is 0 Å². The number of allylic oxidation sites excluding steroid dienone is 4. The molecule has 0 bridgehead atoms. The summed E-state index contributed by atoms with van der Waals surface area (Å²) in [5, 5.41) is 41.2. The van der Waals surface area contributed by atoms with Gasteiger partial charge in [0.2, 0.25) is 5.78 Å². The lowest BCUT2D eigenvalue weighted by atomic mass is 9.54. The summed E-state index contributed by atoms with van der Waals surface area (Å²) in [6, 6.07) is 0. The number of carbonyl (C=O) groups is 1. The molecular formula is C21H28O5. The maximum atomic E-state index is 13.1. The molecule has 1 fully saturated rings. The predicted molar refractivity (Wildman–Crippen MR) is 96.3 cm³/mol. The third kappa shape index (κ3) is 2.11. The lowest BCUT2D eigenvalue weighted by molar-refractivity contribution is -0.115. The van der Waals surface area contributed by atoms with Gasteiger partial charge in [-0.1, -0.05) is 19.9 Å². The number of carbonyl (C=O) groups excluding carboxylic acids is 1. The fraction of sp³-hybridized carbons (Fsp3) is 0.667. The molecule has 4 N–H and O–H groups in total. The van der Waals surface area contributed by atoms with Crippen LogP contribution >= 0.6 is 0 Å². The van der Waals surface area contributed by atoms with Crippen LogP contribution in [-0.2, 0) is 4.79 Å². The quantitative estimate of drug-likeness (QED) is 0.575. The van der Waals surface area contributed by atoms with E-state index < -0.39 is 23.7 Å². The minimum absolute atomic E-state index is 0.0680. The van der Waals surface area contributed by atoms with Crippen molar-refractivity contribution in [2.24, 2.45) is 16.7 Å². The minimum atomic E-state index is -0.950. The molecule has 6 atom stereocenters. The van der Waals surface area contributed by atoms with Crippen LogP contribution < -0.4 is 0 Å². The molecule has 0 aromatic carbocycles. The number of hydrogen-bond donors (Lipinski definition) is 4. The van der Waals surface area contributed by atoms with Crippen molar-refractivity contribution in [1.29, 1.82) is 0 Å². The van der Waals surface area contributed by atoms with Crippen LogP contribution in [0.3, 0.4) is 0 Å². The Balaban J connectivity index is 1.86. The Morgan fingerprint density at radius 1 is 1.19 bits per heavy atom. The van der Waals surface area contributed by atoms with Gasteiger partial charge in [-0.25, -0.2) is 0 Å². The second kappa shape index (κ2) is 5.54. The smallest absolute Gasteiger partial charge is 0.227 e. The van der Waals surface area contributed by atoms with E-state index in [0.29, 0.717) is 24.0 Å². The van der Waals surface area contributed by atoms with Crippen molar-refractivity contribution in [3.8, 4) is 0 Å². The van der Waals surface area contributed by atoms with Crippen molar-refractivity contribution < 1.29 is 25.2 Å². The van der Waals surface area contributed by atoms with Crippen LogP contribution in [-0.4, -0.2) is 44.5 Å². The molecular weight excluding hydrogens is 332 g/mol. The zero-order valence-corrected chi connectivity index (χ0v) is 15.6. The van der Waals surface area contributed by atoms with Crippen LogP contribution in [0.1, 0.15) is 52.9 Å². The number of rotatable bonds is 1. The van der Waals surface area contributed by atoms with E-state index >= 15 is 0 Å². The standard InChI is InChI=1S/C21H28O5/c1-10(22)11-4-5-12-17-13(6-7-20(11,12)2)21(3)9-16(24)15(23)8-14(21)18(25)19(17)26/h5,10-11,15-16,22-25H,4,6-9H2,1-3H3/t10-,11+,15+,16-,20+,21+/m0/s1. The Kier molecular flexibility index (Phi) is 3.82. The summed E-state index contributed by atoms with van der Waals surface area (Å²) in [6.45, 7) is 5.88. The van der Waals surface area contributed by atoms with Gasteiger partial charge in [-0.2, -0.15) is 0 Å². The second-order valence-corrected chi connectivity index (χ2v) is 9.00. The molecule has 0 unspecified atom stereocenters. The van der Waals surface area contributed by atoms with Gasteiger partial charge in [-0.05, 0) is 60.7 Å². The first-order chi connectivity index (χ1) is 12.1. The Morgan fingerprint density at radius 3 is 2.54 bits per heavy atom. The highest BCUT2D eigenvalue weighted by molar-refractivity contribution is 6.12. The van der Waals surface area contributed by atoms with Gasteiger partial charge in [0.15, 0.2) is 5.76 Å². The van der Waals surface area contributed by atoms with E-state index in [-0.39, 0.29) is 29.3 Å². The van der Waals surface area contributed by atoms with E-state index in [1.807, 2.05) is 6.92 Å². The Morgan fingerprint density at radius 2 is 1.88 bits per heavy atom. The maximum absolute atomic E-state index is 13.1. The minimum Gasteiger partial charge on any atom is -0.504 e. The lowest BCUT2D eigenvalue weighted by Gasteiger charge is -2.50. The summed E-state index contributed by atoms with van der Waals surface area (Å²) in [6.07, 6.45) is 2.47. The van der Waals surface area contributed by atoms with Gasteiger partial charge in [-0.15, -0.1) is 0 Å². The van der Waals surface area contributed by atoms with E-state index in [1.165, 1.54) is 0 Å². The molecule has 0 aliphatic heterocycles. The molecule has 4 aliphatic carbocycles. The summed E-state index contributed by atoms with van der Waals surface area (Å²) in [5.41, 5.74) is 2.21. The number of aliphatic hydroxyl groups excluding tert-OH is 4. The van der Waals surface area contributed by atoms with E-state index in [9.17, 15) is 25.2 Å². The molecule has 5 nitrogen and oxygen atoms in total. The molecule has 0 heterocycles. The molecule has 142 valence electrons. The first kappa shape index (κ1) is 18.0. The van der Waals surface area contributed by atoms with E-state index in [0.717, 1.165) is 24.0 Å². The number of Topliss-reactive ketones (excluding diaryl/α,β-unsaturated/α-hetero) is 1. The SMILES string of the molecule is C[C@H](O)[C@H]1CC=C2C3=C(CC[C@@]21C)[C@@]1(C)C[C@H](O)[C@H](O)CC1=C(O)C3=O. The van der Waals surface area contributed by atoms with Gasteiger partial charge >= 0.3 is 0 Å². The Labute approximate surface area is 153 Å². The van der Waals surface area contributed by atoms with Gasteiger partial charge in [-0.3, -0.25) is 4.79 Å². The van der Waals surface area contributed by atoms with Gasteiger partial charge in [0.05, 0.1) is 18.3 Å². The van der Waals surface area contributed by atoms with Crippen LogP contribution in [0.2, 0.25) is 0 Å². The lowest BCUT2D eigenvalue weighted by Crippen LogP contribution is -2.47. The summed E-state index contributed by atoms with van der Waals surface area (Å²) in [7, 11) is 0. The van der Waals surface area contributed by atoms with Crippen LogP contribution in [0.4, 0.5) is 0 Å². The van der Waals surface area contributed by atoms with E-state index in [1.54, 1.807) is 6.92 Å². The highest BCUT2D eigenvalue weighted by atomic mass is 16.3. The molecule has 4 rings (SSSR count). The molecule has 26 heavy (non-hydrogen) atoms. The summed E-state index contributed by atoms with van der Waals surface area (Å²) in [5.74, 6) is -0.555. The number of aliphatic hydroxyl groups is 4. The van der Waals surface area contributed by atoms with E-state index in [2.05, 4.69) is 13.0 Å². The fourth-order valence-electron chi connectivity index (χ4n) is 6.02. The largest absolute Gasteiger partial charge is 0.504 e. The Bertz CT molecular complexity index is 773. The summed E-state index contributed by atoms with van der Waals surface area (Å²) in [4.78, 5) is 13.1. The molecule has 0 aromatic heterocycles. The van der Waals surface area contributed by atoms with Crippen molar-refractivity contribution in [1.82, 2.24) is 0 Å². The van der Waals surface area contributed by atoms with Gasteiger partial charge in [0.1, 0.15) is 0 Å². The Hall–Kier alpha value is -1.43. The van der Waals surface area contributed by atoms with Gasteiger partial charge < -0.3 is 20.4 Å². The molecule has 0 amide bonds. The average molecular weight is 360 g/mol. The monoisotopic (exact) mass is 360 g/mol. The third-order valence-electron chi connectivity index (χ3n) is 7.59. The normalized spacial score (nSPS) is 43.7. The van der Waals surface area contributed by atoms with Crippen molar-refractivity contribution in [2.75, 3.05) is 0 Å². The van der Waals surface area contributed by atoms with Gasteiger partial charge in [0, 0.05) is 17.4 Å². The zero-order valence-electron chi connectivity index (χ0n) is 15.6. The van der Waals surface area contributed by atoms with Crippen LogP contribution in [0, 0.1) is 16.7 Å². The van der Waals surface area contributed by atoms with Crippen LogP contribution in [0.15, 0.2) is 34.1 Å². The van der Waals surface area contributed by atoms with Gasteiger partial charge in [0.25, 0.3) is 0 Å². The molecule has 5 heteroatoms. The summed E-state index contributed by atoms with van der Waals surface area (Å²) < 4.78 is 0. The molecule has 0 aromatic rings. The second-order valence-electron chi connectivity index (χ2n) is 9.00. The number of ketones is 1. The predicted octanol–water partition coefficient (Wildman–Crippen LogP) is 2.33. The highest BCUT2D eigenvalue weighted by Crippen LogP contribution is 2.62. The number of hydrogen-bond acceptors (Lipinski definition) is 5. The third-order valence-corrected chi connectivity index (χ3v) is 7.59. The number of fused-ring (bicyclic) bond motifs is 4. The summed E-state index contributed by atoms with van der Waals surface area (Å²) >= 11 is 0. The fourth-order valence-corrected chi connectivity index (χ4v) is 6.02. The first-order valence-corrected chi connectivity index (χ1v) is 9.57. The molecule has 0 radical (unpaired) electrons. The highest BCUT2D eigenvalue weighted by Gasteiger charge is 2.56. The molecule has 0 spiro atoms. The van der Waals surface area contributed by atoms with Crippen molar-refractivity contribution in [3.05, 3.63) is 34.1 Å². The molecule has 1 saturated carbocycles. The average Bonchev–Trinajstić information content (AvgIpc) is 2.92. The molecule has 4 aliphatic rings. The first-order valence-electron chi connectivity index (χ1n) is 9.57. The van der Waals surface area contributed by atoms with Crippen molar-refractivity contribution in [3.63, 3.8) is 0 Å². The van der Waals surface area contributed by atoms with Crippen LogP contribution in [0.5, 0.6) is 0 Å². The van der Waals surface area contributed by atoms with Crippen molar-refractivity contribution >= 4 is 5.78 Å². The molecule has 0 saturated heterocycles. The van der Waals surface area contributed by atoms with E-state index in [4.69, 9.17) is 0 Å². The van der Waals surface area contributed by atoms with Crippen molar-refractivity contribution in [2.45, 2.75) is 71.2 Å².